The molecule has 1 fully saturated rings. The van der Waals surface area contributed by atoms with Gasteiger partial charge in [0, 0.05) is 30.9 Å². The van der Waals surface area contributed by atoms with Gasteiger partial charge >= 0.3 is 0 Å². The number of hydrogen-bond acceptors (Lipinski definition) is 7. The van der Waals surface area contributed by atoms with Crippen LogP contribution in [0, 0.1) is 0 Å². The van der Waals surface area contributed by atoms with E-state index in [2.05, 4.69) is 27.0 Å². The van der Waals surface area contributed by atoms with Crippen molar-refractivity contribution in [2.24, 2.45) is 0 Å². The molecule has 1 unspecified atom stereocenters. The number of likely N-dealkylation sites (tertiary alicyclic amines) is 1. The number of benzene rings is 1. The lowest BCUT2D eigenvalue weighted by molar-refractivity contribution is 0.0641. The third-order valence-corrected chi connectivity index (χ3v) is 4.90. The number of rotatable bonds is 5. The Bertz CT molecular complexity index is 931. The summed E-state index contributed by atoms with van der Waals surface area (Å²) in [5.74, 6) is 1.68. The lowest BCUT2D eigenvalue weighted by atomic mass is 9.81. The van der Waals surface area contributed by atoms with Gasteiger partial charge in [0.05, 0.1) is 5.56 Å². The third-order valence-electron chi connectivity index (χ3n) is 4.90. The molecule has 0 spiro atoms. The van der Waals surface area contributed by atoms with Gasteiger partial charge in [0.1, 0.15) is 12.1 Å². The molecule has 2 aromatic heterocycles. The number of hydrogen-bond donors (Lipinski definition) is 0. The zero-order chi connectivity index (χ0) is 19.4. The highest BCUT2D eigenvalue weighted by Gasteiger charge is 2.38. The zero-order valence-electron chi connectivity index (χ0n) is 15.6. The van der Waals surface area contributed by atoms with Gasteiger partial charge in [-0.1, -0.05) is 30.3 Å². The number of ether oxygens (including phenoxy) is 1. The van der Waals surface area contributed by atoms with Gasteiger partial charge in [-0.05, 0) is 25.0 Å². The molecule has 144 valence electrons. The van der Waals surface area contributed by atoms with E-state index in [0.29, 0.717) is 30.4 Å². The van der Waals surface area contributed by atoms with Crippen LogP contribution in [-0.2, 0) is 12.0 Å². The maximum Gasteiger partial charge on any atom is 0.264 e. The van der Waals surface area contributed by atoms with E-state index < -0.39 is 0 Å². The van der Waals surface area contributed by atoms with Crippen molar-refractivity contribution in [2.45, 2.75) is 31.8 Å². The molecule has 1 atom stereocenters. The van der Waals surface area contributed by atoms with E-state index in [9.17, 15) is 4.79 Å². The second-order valence-corrected chi connectivity index (χ2v) is 7.13. The van der Waals surface area contributed by atoms with Crippen molar-refractivity contribution in [1.82, 2.24) is 25.0 Å². The molecule has 28 heavy (non-hydrogen) atoms. The molecule has 1 aromatic carbocycles. The zero-order valence-corrected chi connectivity index (χ0v) is 15.6. The number of nitrogens with zero attached hydrogens (tertiary/aromatic N) is 5. The van der Waals surface area contributed by atoms with Crippen LogP contribution in [0.3, 0.4) is 0 Å². The molecule has 1 aliphatic rings. The number of carbonyl (C=O) groups excluding carboxylic acids is 1. The first-order chi connectivity index (χ1) is 13.6. The van der Waals surface area contributed by atoms with Gasteiger partial charge in [0.2, 0.25) is 0 Å². The summed E-state index contributed by atoms with van der Waals surface area (Å²) in [5.41, 5.74) is 0.106. The van der Waals surface area contributed by atoms with Crippen LogP contribution in [-0.4, -0.2) is 44.0 Å². The second-order valence-electron chi connectivity index (χ2n) is 7.13. The first-order valence-electron chi connectivity index (χ1n) is 9.19. The van der Waals surface area contributed by atoms with Crippen LogP contribution in [0.1, 0.15) is 41.8 Å². The van der Waals surface area contributed by atoms with Crippen molar-refractivity contribution in [2.75, 3.05) is 13.1 Å². The summed E-state index contributed by atoms with van der Waals surface area (Å²) < 4.78 is 11.0. The van der Waals surface area contributed by atoms with E-state index in [1.165, 1.54) is 18.7 Å². The van der Waals surface area contributed by atoms with Crippen LogP contribution in [0.5, 0.6) is 5.75 Å². The normalized spacial score (nSPS) is 19.4. The summed E-state index contributed by atoms with van der Waals surface area (Å²) in [6.07, 6.45) is 6.22. The van der Waals surface area contributed by atoms with Crippen LogP contribution in [0.2, 0.25) is 0 Å². The standard InChI is InChI=1S/C20H21N5O3/c1-20(8-5-9-25(13-20)18(26)15-10-21-14-22-11-15)19-23-17(28-24-19)12-27-16-6-3-2-4-7-16/h2-4,6-7,10-11,14H,5,8-9,12-13H2,1H3. The Labute approximate surface area is 162 Å². The summed E-state index contributed by atoms with van der Waals surface area (Å²) in [7, 11) is 0. The predicted molar refractivity (Wildman–Crippen MR) is 99.6 cm³/mol. The van der Waals surface area contributed by atoms with Crippen molar-refractivity contribution in [3.05, 3.63) is 66.3 Å². The molecule has 0 radical (unpaired) electrons. The van der Waals surface area contributed by atoms with Gasteiger partial charge in [-0.2, -0.15) is 4.98 Å². The highest BCUT2D eigenvalue weighted by atomic mass is 16.5. The molecule has 1 saturated heterocycles. The van der Waals surface area contributed by atoms with E-state index in [1.807, 2.05) is 30.3 Å². The predicted octanol–water partition coefficient (Wildman–Crippen LogP) is 2.63. The number of piperidine rings is 1. The fraction of sp³-hybridized carbons (Fsp3) is 0.350. The lowest BCUT2D eigenvalue weighted by Gasteiger charge is -2.38. The summed E-state index contributed by atoms with van der Waals surface area (Å²) in [5, 5.41) is 4.16. The Morgan fingerprint density at radius 2 is 2.04 bits per heavy atom. The molecule has 4 rings (SSSR count). The van der Waals surface area contributed by atoms with Crippen LogP contribution in [0.25, 0.3) is 0 Å². The van der Waals surface area contributed by atoms with Gasteiger partial charge in [-0.3, -0.25) is 4.79 Å². The molecule has 0 saturated carbocycles. The van der Waals surface area contributed by atoms with Gasteiger partial charge in [0.25, 0.3) is 11.8 Å². The van der Waals surface area contributed by atoms with Gasteiger partial charge < -0.3 is 14.2 Å². The molecule has 1 aliphatic heterocycles. The molecule has 3 heterocycles. The van der Waals surface area contributed by atoms with E-state index in [4.69, 9.17) is 9.26 Å². The number of aromatic nitrogens is 4. The molecule has 8 nitrogen and oxygen atoms in total. The minimum atomic E-state index is -0.377. The minimum Gasteiger partial charge on any atom is -0.484 e. The number of carbonyl (C=O) groups is 1. The maximum atomic E-state index is 12.7. The summed E-state index contributed by atoms with van der Waals surface area (Å²) >= 11 is 0. The highest BCUT2D eigenvalue weighted by Crippen LogP contribution is 2.32. The number of para-hydroxylation sites is 1. The van der Waals surface area contributed by atoms with Gasteiger partial charge in [-0.15, -0.1) is 0 Å². The Kier molecular flexibility index (Phi) is 5.01. The summed E-state index contributed by atoms with van der Waals surface area (Å²) in [4.78, 5) is 26.9. The smallest absolute Gasteiger partial charge is 0.264 e. The SMILES string of the molecule is CC1(c2noc(COc3ccccc3)n2)CCCN(C(=O)c2cncnc2)C1. The van der Waals surface area contributed by atoms with E-state index in [0.717, 1.165) is 18.6 Å². The minimum absolute atomic E-state index is 0.0809. The van der Waals surface area contributed by atoms with Gasteiger partial charge in [0.15, 0.2) is 12.4 Å². The van der Waals surface area contributed by atoms with Crippen LogP contribution < -0.4 is 4.74 Å². The highest BCUT2D eigenvalue weighted by molar-refractivity contribution is 5.93. The van der Waals surface area contributed by atoms with E-state index in [-0.39, 0.29) is 17.9 Å². The molecular weight excluding hydrogens is 358 g/mol. The van der Waals surface area contributed by atoms with Gasteiger partial charge in [-0.25, -0.2) is 9.97 Å². The quantitative estimate of drug-likeness (QED) is 0.672. The van der Waals surface area contributed by atoms with Crippen LogP contribution in [0.15, 0.2) is 53.6 Å². The Morgan fingerprint density at radius 1 is 1.25 bits per heavy atom. The maximum absolute atomic E-state index is 12.7. The second kappa shape index (κ2) is 7.75. The van der Waals surface area contributed by atoms with Crippen molar-refractivity contribution in [1.29, 1.82) is 0 Å². The Morgan fingerprint density at radius 3 is 2.82 bits per heavy atom. The van der Waals surface area contributed by atoms with Crippen LogP contribution >= 0.6 is 0 Å². The summed E-state index contributed by atoms with van der Waals surface area (Å²) in [6.45, 7) is 3.46. The molecular formula is C20H21N5O3. The average Bonchev–Trinajstić information content (AvgIpc) is 3.23. The fourth-order valence-corrected chi connectivity index (χ4v) is 3.41. The van der Waals surface area contributed by atoms with E-state index in [1.54, 1.807) is 4.90 Å². The van der Waals surface area contributed by atoms with Crippen LogP contribution in [0.4, 0.5) is 0 Å². The first-order valence-corrected chi connectivity index (χ1v) is 9.19. The van der Waals surface area contributed by atoms with Crippen molar-refractivity contribution < 1.29 is 14.1 Å². The lowest BCUT2D eigenvalue weighted by Crippen LogP contribution is -2.47. The summed E-state index contributed by atoms with van der Waals surface area (Å²) in [6, 6.07) is 9.48. The number of amides is 1. The molecule has 0 bridgehead atoms. The largest absolute Gasteiger partial charge is 0.484 e. The van der Waals surface area contributed by atoms with Crippen molar-refractivity contribution in [3.8, 4) is 5.75 Å². The van der Waals surface area contributed by atoms with Crippen molar-refractivity contribution in [3.63, 3.8) is 0 Å². The Hall–Kier alpha value is -3.29. The third kappa shape index (κ3) is 3.85. The monoisotopic (exact) mass is 379 g/mol. The topological polar surface area (TPSA) is 94.2 Å². The first kappa shape index (κ1) is 18.1. The average molecular weight is 379 g/mol. The van der Waals surface area contributed by atoms with Crippen molar-refractivity contribution >= 4 is 5.91 Å². The fourth-order valence-electron chi connectivity index (χ4n) is 3.41. The van der Waals surface area contributed by atoms with E-state index >= 15 is 0 Å². The molecule has 1 amide bonds. The molecule has 0 aliphatic carbocycles. The molecule has 0 N–H and O–H groups in total. The molecule has 3 aromatic rings. The Balaban J connectivity index is 1.44. The molecule has 8 heteroatoms.